The number of rotatable bonds is 1. The first-order valence-electron chi connectivity index (χ1n) is 4.93. The van der Waals surface area contributed by atoms with Gasteiger partial charge in [-0.15, -0.1) is 0 Å². The summed E-state index contributed by atoms with van der Waals surface area (Å²) in [4.78, 5) is 14.4. The predicted molar refractivity (Wildman–Crippen MR) is 64.3 cm³/mol. The van der Waals surface area contributed by atoms with E-state index in [4.69, 9.17) is 5.73 Å². The standard InChI is InChI=1S/C12H9N3O2/c13-4-1-2-10-6-11-8-14-5-3-9(11)7-12(10)15(16)17/h3,5-8H,4,13H2. The van der Waals surface area contributed by atoms with E-state index >= 15 is 0 Å². The number of nitro groups is 1. The molecule has 5 heteroatoms. The molecule has 0 atom stereocenters. The smallest absolute Gasteiger partial charge is 0.285 e. The molecule has 84 valence electrons. The second kappa shape index (κ2) is 4.60. The molecule has 0 amide bonds. The molecule has 0 saturated carbocycles. The van der Waals surface area contributed by atoms with E-state index in [0.29, 0.717) is 5.56 Å². The minimum Gasteiger partial charge on any atom is -0.320 e. The average molecular weight is 227 g/mol. The number of benzene rings is 1. The average Bonchev–Trinajstić information content (AvgIpc) is 2.35. The molecule has 5 nitrogen and oxygen atoms in total. The molecular formula is C12H9N3O2. The monoisotopic (exact) mass is 227 g/mol. The number of nitrogens with zero attached hydrogens (tertiary/aromatic N) is 2. The van der Waals surface area contributed by atoms with Gasteiger partial charge in [0.1, 0.15) is 5.56 Å². The maximum absolute atomic E-state index is 10.9. The predicted octanol–water partition coefficient (Wildman–Crippen LogP) is 1.45. The largest absolute Gasteiger partial charge is 0.320 e. The van der Waals surface area contributed by atoms with Gasteiger partial charge in [0.25, 0.3) is 5.69 Å². The summed E-state index contributed by atoms with van der Waals surface area (Å²) in [6, 6.07) is 4.88. The highest BCUT2D eigenvalue weighted by Crippen LogP contribution is 2.24. The second-order valence-electron chi connectivity index (χ2n) is 3.36. The third-order valence-corrected chi connectivity index (χ3v) is 2.28. The van der Waals surface area contributed by atoms with Gasteiger partial charge in [-0.25, -0.2) is 0 Å². The molecule has 2 aromatic rings. The summed E-state index contributed by atoms with van der Waals surface area (Å²) >= 11 is 0. The van der Waals surface area contributed by atoms with Gasteiger partial charge in [-0.2, -0.15) is 0 Å². The number of aromatic nitrogens is 1. The molecule has 1 heterocycles. The maximum atomic E-state index is 10.9. The Bertz CT molecular complexity index is 641. The molecule has 0 aliphatic rings. The van der Waals surface area contributed by atoms with Gasteiger partial charge in [-0.1, -0.05) is 11.8 Å². The van der Waals surface area contributed by atoms with E-state index in [1.54, 1.807) is 24.5 Å². The number of nitrogens with two attached hydrogens (primary N) is 1. The molecular weight excluding hydrogens is 218 g/mol. The third-order valence-electron chi connectivity index (χ3n) is 2.28. The van der Waals surface area contributed by atoms with Crippen LogP contribution in [0.5, 0.6) is 0 Å². The molecule has 0 bridgehead atoms. The lowest BCUT2D eigenvalue weighted by Crippen LogP contribution is -1.95. The number of pyridine rings is 1. The van der Waals surface area contributed by atoms with Crippen LogP contribution in [0.4, 0.5) is 5.69 Å². The zero-order valence-corrected chi connectivity index (χ0v) is 8.88. The van der Waals surface area contributed by atoms with Crippen LogP contribution < -0.4 is 5.73 Å². The van der Waals surface area contributed by atoms with Crippen molar-refractivity contribution in [2.75, 3.05) is 6.54 Å². The first kappa shape index (κ1) is 11.0. The molecule has 0 saturated heterocycles. The Labute approximate surface area is 97.4 Å². The zero-order valence-electron chi connectivity index (χ0n) is 8.88. The number of hydrogen-bond donors (Lipinski definition) is 1. The Kier molecular flexibility index (Phi) is 2.99. The van der Waals surface area contributed by atoms with E-state index in [1.807, 2.05) is 0 Å². The van der Waals surface area contributed by atoms with Crippen molar-refractivity contribution < 1.29 is 4.92 Å². The van der Waals surface area contributed by atoms with Crippen LogP contribution in [0.25, 0.3) is 10.8 Å². The van der Waals surface area contributed by atoms with E-state index < -0.39 is 4.92 Å². The highest BCUT2D eigenvalue weighted by atomic mass is 16.6. The molecule has 0 unspecified atom stereocenters. The Morgan fingerprint density at radius 3 is 2.94 bits per heavy atom. The number of fused-ring (bicyclic) bond motifs is 1. The van der Waals surface area contributed by atoms with Crippen molar-refractivity contribution in [2.45, 2.75) is 0 Å². The molecule has 0 fully saturated rings. The van der Waals surface area contributed by atoms with Crippen LogP contribution in [0, 0.1) is 22.0 Å². The number of nitro benzene ring substituents is 1. The molecule has 0 aliphatic heterocycles. The van der Waals surface area contributed by atoms with Gasteiger partial charge in [0.05, 0.1) is 11.5 Å². The van der Waals surface area contributed by atoms with E-state index in [2.05, 4.69) is 16.8 Å². The van der Waals surface area contributed by atoms with Crippen LogP contribution in [0.2, 0.25) is 0 Å². The Morgan fingerprint density at radius 1 is 1.41 bits per heavy atom. The molecule has 0 spiro atoms. The van der Waals surface area contributed by atoms with Gasteiger partial charge >= 0.3 is 0 Å². The van der Waals surface area contributed by atoms with E-state index in [9.17, 15) is 10.1 Å². The summed E-state index contributed by atoms with van der Waals surface area (Å²) in [6.07, 6.45) is 3.24. The highest BCUT2D eigenvalue weighted by Gasteiger charge is 2.13. The van der Waals surface area contributed by atoms with Crippen molar-refractivity contribution in [1.82, 2.24) is 4.98 Å². The fourth-order valence-corrected chi connectivity index (χ4v) is 1.52. The topological polar surface area (TPSA) is 82.0 Å². The molecule has 2 rings (SSSR count). The molecule has 0 radical (unpaired) electrons. The summed E-state index contributed by atoms with van der Waals surface area (Å²) in [6.45, 7) is 0.169. The summed E-state index contributed by atoms with van der Waals surface area (Å²) in [7, 11) is 0. The lowest BCUT2D eigenvalue weighted by Gasteiger charge is -1.99. The van der Waals surface area contributed by atoms with E-state index in [0.717, 1.165) is 10.8 Å². The third kappa shape index (κ3) is 2.22. The molecule has 0 aliphatic carbocycles. The molecule has 1 aromatic carbocycles. The first-order valence-corrected chi connectivity index (χ1v) is 4.93. The van der Waals surface area contributed by atoms with Gasteiger partial charge in [0.15, 0.2) is 0 Å². The normalized spacial score (nSPS) is 9.71. The quantitative estimate of drug-likeness (QED) is 0.454. The van der Waals surface area contributed by atoms with E-state index in [1.165, 1.54) is 6.07 Å². The molecule has 1 aromatic heterocycles. The zero-order chi connectivity index (χ0) is 12.3. The van der Waals surface area contributed by atoms with Crippen molar-refractivity contribution in [2.24, 2.45) is 5.73 Å². The molecule has 17 heavy (non-hydrogen) atoms. The highest BCUT2D eigenvalue weighted by molar-refractivity contribution is 5.86. The van der Waals surface area contributed by atoms with Gasteiger partial charge in [0.2, 0.25) is 0 Å². The van der Waals surface area contributed by atoms with Gasteiger partial charge in [0, 0.05) is 23.8 Å². The lowest BCUT2D eigenvalue weighted by atomic mass is 10.1. The van der Waals surface area contributed by atoms with Crippen LogP contribution in [0.3, 0.4) is 0 Å². The molecule has 2 N–H and O–H groups in total. The summed E-state index contributed by atoms with van der Waals surface area (Å²) in [5.74, 6) is 5.32. The van der Waals surface area contributed by atoms with Gasteiger partial charge in [-0.05, 0) is 17.5 Å². The first-order chi connectivity index (χ1) is 8.22. The Hall–Kier alpha value is -2.45. The fraction of sp³-hybridized carbons (Fsp3) is 0.0833. The van der Waals surface area contributed by atoms with Crippen molar-refractivity contribution in [3.63, 3.8) is 0 Å². The maximum Gasteiger partial charge on any atom is 0.285 e. The summed E-state index contributed by atoms with van der Waals surface area (Å²) in [5.41, 5.74) is 5.61. The SMILES string of the molecule is NCC#Cc1cc2cnccc2cc1[N+](=O)[O-]. The van der Waals surface area contributed by atoms with Crippen molar-refractivity contribution in [3.05, 3.63) is 46.3 Å². The number of hydrogen-bond acceptors (Lipinski definition) is 4. The summed E-state index contributed by atoms with van der Waals surface area (Å²) in [5, 5.41) is 12.5. The summed E-state index contributed by atoms with van der Waals surface area (Å²) < 4.78 is 0. The van der Waals surface area contributed by atoms with Crippen molar-refractivity contribution in [1.29, 1.82) is 0 Å². The lowest BCUT2D eigenvalue weighted by molar-refractivity contribution is -0.385. The van der Waals surface area contributed by atoms with Crippen LogP contribution in [0.15, 0.2) is 30.6 Å². The van der Waals surface area contributed by atoms with Crippen molar-refractivity contribution >= 4 is 16.5 Å². The minimum absolute atomic E-state index is 0.00958. The van der Waals surface area contributed by atoms with Crippen molar-refractivity contribution in [3.8, 4) is 11.8 Å². The Morgan fingerprint density at radius 2 is 2.24 bits per heavy atom. The Balaban J connectivity index is 2.70. The fourth-order valence-electron chi connectivity index (χ4n) is 1.52. The van der Waals surface area contributed by atoms with Crippen LogP contribution in [-0.4, -0.2) is 16.5 Å². The second-order valence-corrected chi connectivity index (χ2v) is 3.36. The van der Waals surface area contributed by atoms with Crippen LogP contribution >= 0.6 is 0 Å². The van der Waals surface area contributed by atoms with Crippen LogP contribution in [-0.2, 0) is 0 Å². The van der Waals surface area contributed by atoms with Gasteiger partial charge in [-0.3, -0.25) is 15.1 Å². The minimum atomic E-state index is -0.444. The van der Waals surface area contributed by atoms with Crippen LogP contribution in [0.1, 0.15) is 5.56 Å². The van der Waals surface area contributed by atoms with E-state index in [-0.39, 0.29) is 12.2 Å². The van der Waals surface area contributed by atoms with Gasteiger partial charge < -0.3 is 5.73 Å².